The lowest BCUT2D eigenvalue weighted by Crippen LogP contribution is -2.39. The number of aromatic nitrogens is 4. The van der Waals surface area contributed by atoms with Crippen molar-refractivity contribution >= 4 is 5.91 Å². The van der Waals surface area contributed by atoms with Gasteiger partial charge in [-0.1, -0.05) is 6.07 Å². The maximum Gasteiger partial charge on any atom is 0.274 e. The summed E-state index contributed by atoms with van der Waals surface area (Å²) in [4.78, 5) is 19.1. The highest BCUT2D eigenvalue weighted by Gasteiger charge is 2.28. The molecule has 28 heavy (non-hydrogen) atoms. The first kappa shape index (κ1) is 18.2. The Morgan fingerprint density at radius 1 is 1.18 bits per heavy atom. The monoisotopic (exact) mass is 381 g/mol. The van der Waals surface area contributed by atoms with Crippen LogP contribution in [0.2, 0.25) is 0 Å². The van der Waals surface area contributed by atoms with Crippen molar-refractivity contribution in [3.05, 3.63) is 66.4 Å². The van der Waals surface area contributed by atoms with Crippen molar-refractivity contribution in [1.82, 2.24) is 24.2 Å². The Labute approximate surface area is 163 Å². The molecule has 0 fully saturated rings. The molecule has 1 amide bonds. The highest BCUT2D eigenvalue weighted by molar-refractivity contribution is 5.92. The first-order valence-electron chi connectivity index (χ1n) is 9.26. The van der Waals surface area contributed by atoms with Crippen LogP contribution < -0.4 is 4.74 Å². The molecule has 8 nitrogen and oxygen atoms in total. The Kier molecular flexibility index (Phi) is 5.38. The predicted molar refractivity (Wildman–Crippen MR) is 102 cm³/mol. The van der Waals surface area contributed by atoms with E-state index in [4.69, 9.17) is 9.47 Å². The fraction of sp³-hybridized carbons (Fsp3) is 0.350. The summed E-state index contributed by atoms with van der Waals surface area (Å²) in [5, 5.41) is 4.39. The van der Waals surface area contributed by atoms with Gasteiger partial charge >= 0.3 is 0 Å². The Bertz CT molecular complexity index is 921. The van der Waals surface area contributed by atoms with Crippen LogP contribution in [0.1, 0.15) is 16.2 Å². The third-order valence-electron chi connectivity index (χ3n) is 4.70. The summed E-state index contributed by atoms with van der Waals surface area (Å²) in [5.41, 5.74) is 1.49. The molecule has 1 aliphatic rings. The van der Waals surface area contributed by atoms with E-state index in [9.17, 15) is 4.79 Å². The van der Waals surface area contributed by atoms with Crippen molar-refractivity contribution in [3.8, 4) is 5.88 Å². The molecular formula is C20H23N5O3. The van der Waals surface area contributed by atoms with Crippen LogP contribution in [0.15, 0.2) is 55.0 Å². The van der Waals surface area contributed by atoms with Crippen molar-refractivity contribution < 1.29 is 14.3 Å². The minimum absolute atomic E-state index is 0.111. The van der Waals surface area contributed by atoms with Crippen molar-refractivity contribution in [2.24, 2.45) is 0 Å². The highest BCUT2D eigenvalue weighted by Crippen LogP contribution is 2.19. The van der Waals surface area contributed by atoms with Gasteiger partial charge in [-0.05, 0) is 24.3 Å². The maximum atomic E-state index is 13.1. The number of carbonyl (C=O) groups is 1. The number of carbonyl (C=O) groups excluding carboxylic acids is 1. The molecule has 0 spiro atoms. The molecule has 3 aromatic rings. The minimum atomic E-state index is -0.205. The standard InChI is InChI=1S/C20H23N5O3/c1-27-12-11-25-10-7-18(22-25)20(26)24-13-16-5-4-9-23(16)14-17(15-24)28-19-6-2-3-8-21-19/h2-10,17H,11-15H2,1H3/t17-/m0/s1. The fourth-order valence-corrected chi connectivity index (χ4v) is 3.32. The van der Waals surface area contributed by atoms with Crippen molar-refractivity contribution in [2.75, 3.05) is 20.3 Å². The van der Waals surface area contributed by atoms with Gasteiger partial charge in [0.25, 0.3) is 5.91 Å². The summed E-state index contributed by atoms with van der Waals surface area (Å²) in [5.74, 6) is 0.444. The Morgan fingerprint density at radius 3 is 2.93 bits per heavy atom. The molecule has 146 valence electrons. The van der Waals surface area contributed by atoms with E-state index in [1.807, 2.05) is 36.5 Å². The largest absolute Gasteiger partial charge is 0.471 e. The predicted octanol–water partition coefficient (Wildman–Crippen LogP) is 1.83. The van der Waals surface area contributed by atoms with Crippen LogP contribution in [-0.4, -0.2) is 56.5 Å². The van der Waals surface area contributed by atoms with Crippen LogP contribution in [-0.2, 0) is 24.4 Å². The van der Waals surface area contributed by atoms with E-state index in [-0.39, 0.29) is 12.0 Å². The van der Waals surface area contributed by atoms with Gasteiger partial charge in [-0.25, -0.2) is 4.98 Å². The van der Waals surface area contributed by atoms with Gasteiger partial charge in [0.05, 0.1) is 32.8 Å². The zero-order valence-corrected chi connectivity index (χ0v) is 15.8. The van der Waals surface area contributed by atoms with Crippen LogP contribution in [0.4, 0.5) is 0 Å². The van der Waals surface area contributed by atoms with Crippen LogP contribution >= 0.6 is 0 Å². The molecular weight excluding hydrogens is 358 g/mol. The van der Waals surface area contributed by atoms with Crippen LogP contribution in [0.5, 0.6) is 5.88 Å². The van der Waals surface area contributed by atoms with Crippen molar-refractivity contribution in [2.45, 2.75) is 25.7 Å². The molecule has 0 radical (unpaired) electrons. The fourth-order valence-electron chi connectivity index (χ4n) is 3.32. The van der Waals surface area contributed by atoms with E-state index < -0.39 is 0 Å². The second-order valence-corrected chi connectivity index (χ2v) is 6.70. The molecule has 1 atom stereocenters. The number of rotatable bonds is 6. The van der Waals surface area contributed by atoms with E-state index in [0.717, 1.165) is 5.69 Å². The van der Waals surface area contributed by atoms with E-state index in [1.54, 1.807) is 35.2 Å². The number of methoxy groups -OCH3 is 1. The molecule has 8 heteroatoms. The lowest BCUT2D eigenvalue weighted by molar-refractivity contribution is 0.0639. The molecule has 0 aromatic carbocycles. The summed E-state index contributed by atoms with van der Waals surface area (Å²) in [7, 11) is 1.64. The third-order valence-corrected chi connectivity index (χ3v) is 4.70. The number of hydrogen-bond acceptors (Lipinski definition) is 5. The van der Waals surface area contributed by atoms with Gasteiger partial charge < -0.3 is 18.9 Å². The smallest absolute Gasteiger partial charge is 0.274 e. The molecule has 4 heterocycles. The van der Waals surface area contributed by atoms with Crippen LogP contribution in [0.25, 0.3) is 0 Å². The molecule has 4 rings (SSSR count). The molecule has 0 saturated heterocycles. The number of nitrogens with zero attached hydrogens (tertiary/aromatic N) is 5. The SMILES string of the molecule is COCCn1ccc(C(=O)N2Cc3cccn3C[C@H](Oc3ccccn3)C2)n1. The van der Waals surface area contributed by atoms with Gasteiger partial charge in [0, 0.05) is 37.5 Å². The van der Waals surface area contributed by atoms with Crippen molar-refractivity contribution in [3.63, 3.8) is 0 Å². The number of fused-ring (bicyclic) bond motifs is 1. The second kappa shape index (κ2) is 8.26. The minimum Gasteiger partial charge on any atom is -0.471 e. The summed E-state index contributed by atoms with van der Waals surface area (Å²) in [6.07, 6.45) is 5.30. The van der Waals surface area contributed by atoms with Crippen LogP contribution in [0.3, 0.4) is 0 Å². The molecule has 3 aromatic heterocycles. The summed E-state index contributed by atoms with van der Waals surface area (Å²) in [6.45, 7) is 2.79. The zero-order valence-electron chi connectivity index (χ0n) is 15.8. The third kappa shape index (κ3) is 4.07. The summed E-state index contributed by atoms with van der Waals surface area (Å²) < 4.78 is 15.0. The Hall–Kier alpha value is -3.13. The lowest BCUT2D eigenvalue weighted by Gasteiger charge is -2.24. The van der Waals surface area contributed by atoms with Gasteiger partial charge in [0.1, 0.15) is 11.8 Å². The molecule has 0 aliphatic carbocycles. The maximum absolute atomic E-state index is 13.1. The second-order valence-electron chi connectivity index (χ2n) is 6.70. The van der Waals surface area contributed by atoms with Gasteiger partial charge in [-0.3, -0.25) is 9.48 Å². The zero-order chi connectivity index (χ0) is 19.3. The topological polar surface area (TPSA) is 74.4 Å². The average molecular weight is 381 g/mol. The van der Waals surface area contributed by atoms with Gasteiger partial charge in [0.15, 0.2) is 0 Å². The lowest BCUT2D eigenvalue weighted by atomic mass is 10.3. The number of amides is 1. The summed E-state index contributed by atoms with van der Waals surface area (Å²) >= 11 is 0. The highest BCUT2D eigenvalue weighted by atomic mass is 16.5. The molecule has 1 aliphatic heterocycles. The quantitative estimate of drug-likeness (QED) is 0.651. The van der Waals surface area contributed by atoms with E-state index >= 15 is 0 Å². The van der Waals surface area contributed by atoms with E-state index in [1.165, 1.54) is 0 Å². The number of hydrogen-bond donors (Lipinski definition) is 0. The van der Waals surface area contributed by atoms with Gasteiger partial charge in [0.2, 0.25) is 5.88 Å². The Balaban J connectivity index is 1.53. The average Bonchev–Trinajstić information content (AvgIpc) is 3.32. The normalized spacial score (nSPS) is 16.5. The van der Waals surface area contributed by atoms with Crippen LogP contribution in [0, 0.1) is 0 Å². The van der Waals surface area contributed by atoms with Crippen molar-refractivity contribution in [1.29, 1.82) is 0 Å². The number of pyridine rings is 1. The first-order valence-corrected chi connectivity index (χ1v) is 9.26. The summed E-state index contributed by atoms with van der Waals surface area (Å²) in [6, 6.07) is 11.3. The van der Waals surface area contributed by atoms with Gasteiger partial charge in [-0.2, -0.15) is 5.10 Å². The molecule has 0 N–H and O–H groups in total. The first-order chi connectivity index (χ1) is 13.7. The van der Waals surface area contributed by atoms with E-state index in [2.05, 4.69) is 14.6 Å². The van der Waals surface area contributed by atoms with E-state index in [0.29, 0.717) is 44.4 Å². The Morgan fingerprint density at radius 2 is 2.11 bits per heavy atom. The molecule has 0 bridgehead atoms. The number of ether oxygens (including phenoxy) is 2. The molecule has 0 unspecified atom stereocenters. The van der Waals surface area contributed by atoms with Gasteiger partial charge in [-0.15, -0.1) is 0 Å². The molecule has 0 saturated carbocycles.